The zero-order valence-electron chi connectivity index (χ0n) is 15.4. The highest BCUT2D eigenvalue weighted by Gasteiger charge is 2.25. The molecule has 1 aliphatic heterocycles. The smallest absolute Gasteiger partial charge is 0.226 e. The van der Waals surface area contributed by atoms with Gasteiger partial charge < -0.3 is 9.47 Å². The summed E-state index contributed by atoms with van der Waals surface area (Å²) in [6.07, 6.45) is 9.05. The Morgan fingerprint density at radius 3 is 2.48 bits per heavy atom. The summed E-state index contributed by atoms with van der Waals surface area (Å²) in [5.74, 6) is 1.39. The molecular formula is C21H29N3O. The van der Waals surface area contributed by atoms with Gasteiger partial charge in [0.1, 0.15) is 5.82 Å². The molecule has 0 aliphatic carbocycles. The van der Waals surface area contributed by atoms with Crippen LogP contribution in [0, 0.1) is 19.8 Å². The van der Waals surface area contributed by atoms with Crippen molar-refractivity contribution in [3.63, 3.8) is 0 Å². The Morgan fingerprint density at radius 1 is 1.12 bits per heavy atom. The molecule has 1 atom stereocenters. The number of rotatable bonds is 6. The van der Waals surface area contributed by atoms with E-state index >= 15 is 0 Å². The summed E-state index contributed by atoms with van der Waals surface area (Å²) < 4.78 is 2.14. The first-order valence-electron chi connectivity index (χ1n) is 9.45. The Bertz CT molecular complexity index is 683. The van der Waals surface area contributed by atoms with Crippen LogP contribution in [0.5, 0.6) is 0 Å². The number of imidazole rings is 1. The fourth-order valence-corrected chi connectivity index (χ4v) is 3.63. The predicted molar refractivity (Wildman–Crippen MR) is 100 cm³/mol. The number of nitrogens with zero attached hydrogens (tertiary/aromatic N) is 3. The highest BCUT2D eigenvalue weighted by Crippen LogP contribution is 2.20. The Hall–Kier alpha value is -2.10. The van der Waals surface area contributed by atoms with E-state index in [0.29, 0.717) is 5.91 Å². The molecule has 1 unspecified atom stereocenters. The van der Waals surface area contributed by atoms with Crippen LogP contribution >= 0.6 is 0 Å². The molecule has 0 saturated carbocycles. The van der Waals surface area contributed by atoms with Crippen molar-refractivity contribution >= 4 is 5.91 Å². The number of carbonyl (C=O) groups excluding carboxylic acids is 1. The molecule has 1 saturated heterocycles. The molecular weight excluding hydrogens is 310 g/mol. The third kappa shape index (κ3) is 4.71. The van der Waals surface area contributed by atoms with Crippen LogP contribution < -0.4 is 0 Å². The van der Waals surface area contributed by atoms with Crippen LogP contribution in [-0.4, -0.2) is 33.4 Å². The van der Waals surface area contributed by atoms with E-state index in [0.717, 1.165) is 51.1 Å². The molecule has 134 valence electrons. The van der Waals surface area contributed by atoms with Gasteiger partial charge in [-0.2, -0.15) is 0 Å². The van der Waals surface area contributed by atoms with E-state index in [1.54, 1.807) is 0 Å². The van der Waals surface area contributed by atoms with Crippen LogP contribution in [-0.2, 0) is 17.8 Å². The lowest BCUT2D eigenvalue weighted by Crippen LogP contribution is -2.40. The number of hydrogen-bond acceptors (Lipinski definition) is 2. The van der Waals surface area contributed by atoms with Crippen molar-refractivity contribution in [2.45, 2.75) is 52.5 Å². The van der Waals surface area contributed by atoms with E-state index in [1.165, 1.54) is 17.5 Å². The fourth-order valence-electron chi connectivity index (χ4n) is 3.63. The monoisotopic (exact) mass is 339 g/mol. The van der Waals surface area contributed by atoms with Crippen molar-refractivity contribution in [1.82, 2.24) is 14.5 Å². The Morgan fingerprint density at radius 2 is 1.84 bits per heavy atom. The number of carbonyl (C=O) groups is 1. The van der Waals surface area contributed by atoms with Crippen molar-refractivity contribution in [2.24, 2.45) is 5.92 Å². The van der Waals surface area contributed by atoms with E-state index in [4.69, 9.17) is 0 Å². The summed E-state index contributed by atoms with van der Waals surface area (Å²) in [5.41, 5.74) is 2.51. The van der Waals surface area contributed by atoms with E-state index in [1.807, 2.05) is 19.3 Å². The molecule has 1 aliphatic rings. The van der Waals surface area contributed by atoms with Crippen LogP contribution in [0.15, 0.2) is 36.7 Å². The van der Waals surface area contributed by atoms with Gasteiger partial charge in [-0.25, -0.2) is 4.98 Å². The SMILES string of the molecule is Cc1ccc(CC(CCn2ccnc2C)C(=O)N2CCCCC2)cc1. The Kier molecular flexibility index (Phi) is 5.90. The quantitative estimate of drug-likeness (QED) is 0.804. The summed E-state index contributed by atoms with van der Waals surface area (Å²) in [6.45, 7) is 6.81. The minimum atomic E-state index is 0.0441. The van der Waals surface area contributed by atoms with Crippen molar-refractivity contribution in [2.75, 3.05) is 13.1 Å². The van der Waals surface area contributed by atoms with Crippen LogP contribution in [0.4, 0.5) is 0 Å². The summed E-state index contributed by atoms with van der Waals surface area (Å²) >= 11 is 0. The van der Waals surface area contributed by atoms with Gasteiger partial charge in [0.05, 0.1) is 0 Å². The van der Waals surface area contributed by atoms with Crippen molar-refractivity contribution in [3.05, 3.63) is 53.6 Å². The van der Waals surface area contributed by atoms with Gasteiger partial charge in [-0.3, -0.25) is 4.79 Å². The second-order valence-electron chi connectivity index (χ2n) is 7.23. The molecule has 1 aromatic carbocycles. The molecule has 1 amide bonds. The maximum Gasteiger partial charge on any atom is 0.226 e. The summed E-state index contributed by atoms with van der Waals surface area (Å²) in [7, 11) is 0. The second kappa shape index (κ2) is 8.32. The molecule has 0 N–H and O–H groups in total. The lowest BCUT2D eigenvalue weighted by molar-refractivity contribution is -0.136. The van der Waals surface area contributed by atoms with E-state index in [9.17, 15) is 4.79 Å². The minimum Gasteiger partial charge on any atom is -0.342 e. The minimum absolute atomic E-state index is 0.0441. The number of benzene rings is 1. The maximum atomic E-state index is 13.1. The van der Waals surface area contributed by atoms with Crippen LogP contribution in [0.25, 0.3) is 0 Å². The van der Waals surface area contributed by atoms with Crippen molar-refractivity contribution < 1.29 is 4.79 Å². The average Bonchev–Trinajstić information content (AvgIpc) is 3.05. The zero-order valence-corrected chi connectivity index (χ0v) is 15.4. The zero-order chi connectivity index (χ0) is 17.6. The average molecular weight is 339 g/mol. The molecule has 3 rings (SSSR count). The van der Waals surface area contributed by atoms with Gasteiger partial charge in [0.2, 0.25) is 5.91 Å². The van der Waals surface area contributed by atoms with Crippen molar-refractivity contribution in [3.8, 4) is 0 Å². The third-order valence-electron chi connectivity index (χ3n) is 5.26. The number of likely N-dealkylation sites (tertiary alicyclic amines) is 1. The summed E-state index contributed by atoms with van der Waals surface area (Å²) in [4.78, 5) is 19.5. The number of aryl methyl sites for hydroxylation is 3. The first-order valence-corrected chi connectivity index (χ1v) is 9.45. The molecule has 0 radical (unpaired) electrons. The molecule has 1 fully saturated rings. The largest absolute Gasteiger partial charge is 0.342 e. The Balaban J connectivity index is 1.70. The first-order chi connectivity index (χ1) is 12.1. The standard InChI is InChI=1S/C21H29N3O/c1-17-6-8-19(9-7-17)16-20(10-14-23-15-11-22-18(23)2)21(25)24-12-4-3-5-13-24/h6-9,11,15,20H,3-5,10,12-14,16H2,1-2H3. The van der Waals surface area contributed by atoms with Gasteiger partial charge in [0, 0.05) is 37.9 Å². The first kappa shape index (κ1) is 17.7. The molecule has 2 heterocycles. The van der Waals surface area contributed by atoms with E-state index < -0.39 is 0 Å². The van der Waals surface area contributed by atoms with Crippen LogP contribution in [0.3, 0.4) is 0 Å². The van der Waals surface area contributed by atoms with Crippen LogP contribution in [0.1, 0.15) is 42.6 Å². The molecule has 0 spiro atoms. The predicted octanol–water partition coefficient (Wildman–Crippen LogP) is 3.76. The molecule has 0 bridgehead atoms. The summed E-state index contributed by atoms with van der Waals surface area (Å²) in [5, 5.41) is 0. The summed E-state index contributed by atoms with van der Waals surface area (Å²) in [6, 6.07) is 8.60. The Labute approximate surface area is 150 Å². The fraction of sp³-hybridized carbons (Fsp3) is 0.524. The maximum absolute atomic E-state index is 13.1. The van der Waals surface area contributed by atoms with Gasteiger partial charge >= 0.3 is 0 Å². The van der Waals surface area contributed by atoms with Gasteiger partial charge in [0.25, 0.3) is 0 Å². The number of aromatic nitrogens is 2. The second-order valence-corrected chi connectivity index (χ2v) is 7.23. The van der Waals surface area contributed by atoms with Gasteiger partial charge in [0.15, 0.2) is 0 Å². The lowest BCUT2D eigenvalue weighted by Gasteiger charge is -2.30. The number of hydrogen-bond donors (Lipinski definition) is 0. The highest BCUT2D eigenvalue weighted by atomic mass is 16.2. The number of amides is 1. The molecule has 1 aromatic heterocycles. The molecule has 4 heteroatoms. The molecule has 2 aromatic rings. The number of piperidine rings is 1. The van der Waals surface area contributed by atoms with E-state index in [-0.39, 0.29) is 5.92 Å². The van der Waals surface area contributed by atoms with Crippen molar-refractivity contribution in [1.29, 1.82) is 0 Å². The van der Waals surface area contributed by atoms with Crippen LogP contribution in [0.2, 0.25) is 0 Å². The van der Waals surface area contributed by atoms with Gasteiger partial charge in [-0.15, -0.1) is 0 Å². The lowest BCUT2D eigenvalue weighted by atomic mass is 9.93. The van der Waals surface area contributed by atoms with E-state index in [2.05, 4.69) is 45.6 Å². The highest BCUT2D eigenvalue weighted by molar-refractivity contribution is 5.79. The third-order valence-corrected chi connectivity index (χ3v) is 5.26. The topological polar surface area (TPSA) is 38.1 Å². The van der Waals surface area contributed by atoms with Gasteiger partial charge in [-0.1, -0.05) is 29.8 Å². The molecule has 4 nitrogen and oxygen atoms in total. The molecule has 25 heavy (non-hydrogen) atoms. The van der Waals surface area contributed by atoms with Gasteiger partial charge in [-0.05, 0) is 51.5 Å². The normalized spacial score (nSPS) is 16.0.